The summed E-state index contributed by atoms with van der Waals surface area (Å²) in [5, 5.41) is 11.7. The van der Waals surface area contributed by atoms with Gasteiger partial charge in [-0.05, 0) is 17.5 Å². The van der Waals surface area contributed by atoms with Gasteiger partial charge in [-0.2, -0.15) is 0 Å². The summed E-state index contributed by atoms with van der Waals surface area (Å²) in [4.78, 5) is 9.90. The maximum Gasteiger partial charge on any atom is 0.160 e. The molecule has 0 saturated heterocycles. The third-order valence-corrected chi connectivity index (χ3v) is 3.69. The van der Waals surface area contributed by atoms with Crippen LogP contribution in [0.25, 0.3) is 21.9 Å². The van der Waals surface area contributed by atoms with Gasteiger partial charge in [-0.25, -0.2) is 9.97 Å². The first-order chi connectivity index (χ1) is 8.79. The molecule has 0 atom stereocenters. The molecule has 0 aliphatic heterocycles. The molecule has 3 heterocycles. The molecule has 0 spiro atoms. The molecule has 3 rings (SSSR count). The minimum Gasteiger partial charge on any atom is -0.395 e. The number of hydrogen-bond acceptors (Lipinski definition) is 4. The van der Waals surface area contributed by atoms with Crippen molar-refractivity contribution in [3.8, 4) is 10.7 Å². The Morgan fingerprint density at radius 2 is 2.33 bits per heavy atom. The number of thiophene rings is 1. The largest absolute Gasteiger partial charge is 0.395 e. The summed E-state index contributed by atoms with van der Waals surface area (Å²) in [6.45, 7) is 0.520. The maximum atomic E-state index is 9.18. The smallest absolute Gasteiger partial charge is 0.160 e. The Hall–Kier alpha value is -1.43. The van der Waals surface area contributed by atoms with Crippen LogP contribution in [0.15, 0.2) is 29.8 Å². The number of imidazole rings is 1. The molecule has 0 aliphatic rings. The summed E-state index contributed by atoms with van der Waals surface area (Å²) in [5.74, 6) is 0.823. The van der Waals surface area contributed by atoms with Crippen molar-refractivity contribution in [2.45, 2.75) is 6.54 Å². The van der Waals surface area contributed by atoms with Gasteiger partial charge in [0.05, 0.1) is 16.5 Å². The number of fused-ring (bicyclic) bond motifs is 1. The van der Waals surface area contributed by atoms with Gasteiger partial charge in [0.15, 0.2) is 11.5 Å². The molecule has 0 aromatic carbocycles. The number of aromatic nitrogens is 3. The molecule has 3 aromatic rings. The van der Waals surface area contributed by atoms with Crippen LogP contribution >= 0.6 is 22.9 Å². The normalized spacial score (nSPS) is 11.2. The van der Waals surface area contributed by atoms with E-state index in [1.54, 1.807) is 23.6 Å². The van der Waals surface area contributed by atoms with Crippen LogP contribution in [0, 0.1) is 0 Å². The van der Waals surface area contributed by atoms with Crippen LogP contribution in [-0.2, 0) is 6.54 Å². The second-order valence-corrected chi connectivity index (χ2v) is 5.17. The zero-order valence-electron chi connectivity index (χ0n) is 9.38. The van der Waals surface area contributed by atoms with E-state index in [0.29, 0.717) is 11.6 Å². The average molecular weight is 280 g/mol. The van der Waals surface area contributed by atoms with E-state index in [-0.39, 0.29) is 6.61 Å². The van der Waals surface area contributed by atoms with Gasteiger partial charge in [0, 0.05) is 12.7 Å². The van der Waals surface area contributed by atoms with Gasteiger partial charge in [0.25, 0.3) is 0 Å². The van der Waals surface area contributed by atoms with Crippen LogP contribution in [0.5, 0.6) is 0 Å². The van der Waals surface area contributed by atoms with Gasteiger partial charge in [-0.15, -0.1) is 11.3 Å². The van der Waals surface area contributed by atoms with Crippen LogP contribution in [0.4, 0.5) is 0 Å². The molecule has 0 bridgehead atoms. The molecule has 0 fully saturated rings. The van der Waals surface area contributed by atoms with E-state index in [9.17, 15) is 5.11 Å². The lowest BCUT2D eigenvalue weighted by molar-refractivity contribution is 0.278. The number of rotatable bonds is 3. The second kappa shape index (κ2) is 4.68. The summed E-state index contributed by atoms with van der Waals surface area (Å²) in [6.07, 6.45) is 1.59. The zero-order valence-corrected chi connectivity index (χ0v) is 10.9. The van der Waals surface area contributed by atoms with Gasteiger partial charge in [-0.1, -0.05) is 17.7 Å². The second-order valence-electron chi connectivity index (χ2n) is 3.78. The van der Waals surface area contributed by atoms with Gasteiger partial charge in [0.1, 0.15) is 5.52 Å². The highest BCUT2D eigenvalue weighted by Gasteiger charge is 2.14. The Labute approximate surface area is 112 Å². The van der Waals surface area contributed by atoms with E-state index in [1.165, 1.54) is 0 Å². The van der Waals surface area contributed by atoms with E-state index >= 15 is 0 Å². The van der Waals surface area contributed by atoms with E-state index in [1.807, 2.05) is 22.1 Å². The highest BCUT2D eigenvalue weighted by molar-refractivity contribution is 7.13. The van der Waals surface area contributed by atoms with Crippen LogP contribution in [-0.4, -0.2) is 26.2 Å². The fraction of sp³-hybridized carbons (Fsp3) is 0.167. The van der Waals surface area contributed by atoms with Crippen molar-refractivity contribution in [3.63, 3.8) is 0 Å². The molecule has 1 N–H and O–H groups in total. The van der Waals surface area contributed by atoms with Crippen molar-refractivity contribution in [1.29, 1.82) is 0 Å². The monoisotopic (exact) mass is 279 g/mol. The lowest BCUT2D eigenvalue weighted by atomic mass is 10.4. The Morgan fingerprint density at radius 3 is 3.06 bits per heavy atom. The molecule has 0 unspecified atom stereocenters. The van der Waals surface area contributed by atoms with Gasteiger partial charge in [0.2, 0.25) is 0 Å². The van der Waals surface area contributed by atoms with E-state index in [2.05, 4.69) is 9.97 Å². The highest BCUT2D eigenvalue weighted by Crippen LogP contribution is 2.28. The lowest BCUT2D eigenvalue weighted by Crippen LogP contribution is -2.04. The third kappa shape index (κ3) is 1.90. The fourth-order valence-electron chi connectivity index (χ4n) is 1.89. The molecule has 0 amide bonds. The van der Waals surface area contributed by atoms with Crippen molar-refractivity contribution in [3.05, 3.63) is 34.8 Å². The van der Waals surface area contributed by atoms with Crippen LogP contribution < -0.4 is 0 Å². The van der Waals surface area contributed by atoms with Crippen molar-refractivity contribution in [2.75, 3.05) is 6.61 Å². The Morgan fingerprint density at radius 1 is 1.44 bits per heavy atom. The van der Waals surface area contributed by atoms with Crippen molar-refractivity contribution in [1.82, 2.24) is 14.5 Å². The van der Waals surface area contributed by atoms with Gasteiger partial charge in [-0.3, -0.25) is 0 Å². The number of halogens is 1. The number of pyridine rings is 1. The number of aliphatic hydroxyl groups excluding tert-OH is 1. The topological polar surface area (TPSA) is 50.9 Å². The van der Waals surface area contributed by atoms with E-state index < -0.39 is 0 Å². The summed E-state index contributed by atoms with van der Waals surface area (Å²) < 4.78 is 1.91. The van der Waals surface area contributed by atoms with Gasteiger partial charge >= 0.3 is 0 Å². The third-order valence-electron chi connectivity index (χ3n) is 2.62. The molecule has 0 aliphatic carbocycles. The van der Waals surface area contributed by atoms with Crippen LogP contribution in [0.3, 0.4) is 0 Å². The highest BCUT2D eigenvalue weighted by atomic mass is 35.5. The number of nitrogens with zero attached hydrogens (tertiary/aromatic N) is 3. The first-order valence-electron chi connectivity index (χ1n) is 5.46. The molecule has 18 heavy (non-hydrogen) atoms. The fourth-order valence-corrected chi connectivity index (χ4v) is 2.77. The Balaban J connectivity index is 2.26. The first-order valence-corrected chi connectivity index (χ1v) is 6.72. The van der Waals surface area contributed by atoms with Crippen molar-refractivity contribution < 1.29 is 5.11 Å². The minimum absolute atomic E-state index is 0.0497. The SMILES string of the molecule is OCCn1c(-c2cccs2)nc2cc(Cl)cnc21. The predicted molar refractivity (Wildman–Crippen MR) is 72.9 cm³/mol. The zero-order chi connectivity index (χ0) is 12.5. The molecular weight excluding hydrogens is 270 g/mol. The van der Waals surface area contributed by atoms with Crippen LogP contribution in [0.2, 0.25) is 5.02 Å². The average Bonchev–Trinajstić information content (AvgIpc) is 2.97. The number of hydrogen-bond donors (Lipinski definition) is 1. The predicted octanol–water partition coefficient (Wildman–Crippen LogP) is 2.81. The van der Waals surface area contributed by atoms with Crippen molar-refractivity contribution >= 4 is 34.1 Å². The standard InChI is InChI=1S/C12H10ClN3OS/c13-8-6-9-11(14-7-8)16(3-4-17)12(15-9)10-2-1-5-18-10/h1-2,5-7,17H,3-4H2. The molecule has 6 heteroatoms. The van der Waals surface area contributed by atoms with Crippen LogP contribution in [0.1, 0.15) is 0 Å². The molecule has 92 valence electrons. The summed E-state index contributed by atoms with van der Waals surface area (Å²) >= 11 is 7.53. The van der Waals surface area contributed by atoms with Gasteiger partial charge < -0.3 is 9.67 Å². The van der Waals surface area contributed by atoms with E-state index in [4.69, 9.17) is 11.6 Å². The molecule has 4 nitrogen and oxygen atoms in total. The van der Waals surface area contributed by atoms with E-state index in [0.717, 1.165) is 21.9 Å². The minimum atomic E-state index is 0.0497. The Kier molecular flexibility index (Phi) is 3.03. The Bertz CT molecular complexity index is 678. The number of aliphatic hydroxyl groups is 1. The summed E-state index contributed by atoms with van der Waals surface area (Å²) in [5.41, 5.74) is 1.50. The summed E-state index contributed by atoms with van der Waals surface area (Å²) in [6, 6.07) is 5.76. The quantitative estimate of drug-likeness (QED) is 0.802. The molecule has 0 radical (unpaired) electrons. The lowest BCUT2D eigenvalue weighted by Gasteiger charge is -2.04. The molecule has 0 saturated carbocycles. The molecule has 3 aromatic heterocycles. The maximum absolute atomic E-state index is 9.18. The van der Waals surface area contributed by atoms with Crippen molar-refractivity contribution in [2.24, 2.45) is 0 Å². The molecular formula is C12H10ClN3OS. The summed E-state index contributed by atoms with van der Waals surface area (Å²) in [7, 11) is 0. The first kappa shape index (κ1) is 11.6.